The van der Waals surface area contributed by atoms with Crippen molar-refractivity contribution in [3.8, 4) is 5.75 Å². The first-order valence-electron chi connectivity index (χ1n) is 6.36. The number of nitrogens with one attached hydrogen (secondary N) is 2. The van der Waals surface area contributed by atoms with E-state index in [1.54, 1.807) is 12.1 Å². The summed E-state index contributed by atoms with van der Waals surface area (Å²) in [5, 5.41) is 5.96. The number of fused-ring (bicyclic) bond motifs is 1. The van der Waals surface area contributed by atoms with Gasteiger partial charge in [0.2, 0.25) is 0 Å². The number of hydrogen-bond donors (Lipinski definition) is 2. The summed E-state index contributed by atoms with van der Waals surface area (Å²) in [6.45, 7) is 0.607. The molecule has 1 aliphatic rings. The van der Waals surface area contributed by atoms with Crippen LogP contribution in [-0.4, -0.2) is 12.5 Å². The molecule has 1 amide bonds. The highest BCUT2D eigenvalue weighted by molar-refractivity contribution is 9.10. The lowest BCUT2D eigenvalue weighted by atomic mass is 10.1. The molecule has 0 radical (unpaired) electrons. The summed E-state index contributed by atoms with van der Waals surface area (Å²) >= 11 is 3.15. The highest BCUT2D eigenvalue weighted by Gasteiger charge is 2.15. The first kappa shape index (κ1) is 13.9. The van der Waals surface area contributed by atoms with Crippen molar-refractivity contribution in [1.29, 1.82) is 0 Å². The third-order valence-corrected chi connectivity index (χ3v) is 3.70. The summed E-state index contributed by atoms with van der Waals surface area (Å²) in [4.78, 5) is 11.3. The maximum atomic E-state index is 13.2. The SMILES string of the molecule is O=C1COc2ccc(CNc3ccc(F)c(Br)c3)cc2N1. The summed E-state index contributed by atoms with van der Waals surface area (Å²) < 4.78 is 18.9. The summed E-state index contributed by atoms with van der Waals surface area (Å²) in [7, 11) is 0. The number of benzene rings is 2. The lowest BCUT2D eigenvalue weighted by Crippen LogP contribution is -2.25. The first-order valence-corrected chi connectivity index (χ1v) is 7.15. The van der Waals surface area contributed by atoms with Gasteiger partial charge in [0.05, 0.1) is 10.2 Å². The van der Waals surface area contributed by atoms with Gasteiger partial charge >= 0.3 is 0 Å². The van der Waals surface area contributed by atoms with Gasteiger partial charge in [0.1, 0.15) is 11.6 Å². The van der Waals surface area contributed by atoms with Crippen LogP contribution in [0.15, 0.2) is 40.9 Å². The molecule has 0 aliphatic carbocycles. The molecule has 3 rings (SSSR count). The Balaban J connectivity index is 1.72. The Labute approximate surface area is 129 Å². The molecular formula is C15H12BrFN2O2. The Kier molecular flexibility index (Phi) is 3.79. The number of hydrogen-bond acceptors (Lipinski definition) is 3. The summed E-state index contributed by atoms with van der Waals surface area (Å²) in [5.74, 6) is 0.215. The quantitative estimate of drug-likeness (QED) is 0.890. The van der Waals surface area contributed by atoms with Crippen molar-refractivity contribution < 1.29 is 13.9 Å². The molecule has 4 nitrogen and oxygen atoms in total. The fourth-order valence-electron chi connectivity index (χ4n) is 2.05. The third-order valence-electron chi connectivity index (χ3n) is 3.09. The monoisotopic (exact) mass is 350 g/mol. The van der Waals surface area contributed by atoms with Gasteiger partial charge in [-0.3, -0.25) is 4.79 Å². The fraction of sp³-hybridized carbons (Fsp3) is 0.133. The Morgan fingerprint density at radius 1 is 1.29 bits per heavy atom. The van der Waals surface area contributed by atoms with Crippen LogP contribution in [0.4, 0.5) is 15.8 Å². The predicted octanol–water partition coefficient (Wildman–Crippen LogP) is 3.53. The summed E-state index contributed by atoms with van der Waals surface area (Å²) in [6, 6.07) is 10.3. The van der Waals surface area contributed by atoms with E-state index in [1.165, 1.54) is 6.07 Å². The van der Waals surface area contributed by atoms with Crippen LogP contribution in [0.3, 0.4) is 0 Å². The van der Waals surface area contributed by atoms with E-state index in [9.17, 15) is 9.18 Å². The van der Waals surface area contributed by atoms with E-state index in [2.05, 4.69) is 26.6 Å². The summed E-state index contributed by atoms with van der Waals surface area (Å²) in [6.07, 6.45) is 0. The fourth-order valence-corrected chi connectivity index (χ4v) is 2.43. The molecule has 2 aromatic carbocycles. The van der Waals surface area contributed by atoms with E-state index >= 15 is 0 Å². The lowest BCUT2D eigenvalue weighted by Gasteiger charge is -2.18. The number of carbonyl (C=O) groups is 1. The molecule has 0 fully saturated rings. The number of halogens is 2. The van der Waals surface area contributed by atoms with Gasteiger partial charge in [-0.2, -0.15) is 0 Å². The minimum atomic E-state index is -0.297. The largest absolute Gasteiger partial charge is 0.482 e. The van der Waals surface area contributed by atoms with E-state index in [0.717, 1.165) is 11.3 Å². The number of ether oxygens (including phenoxy) is 1. The maximum Gasteiger partial charge on any atom is 0.262 e. The zero-order chi connectivity index (χ0) is 14.8. The van der Waals surface area contributed by atoms with E-state index in [-0.39, 0.29) is 18.3 Å². The molecule has 6 heteroatoms. The van der Waals surface area contributed by atoms with Gasteiger partial charge in [0, 0.05) is 12.2 Å². The van der Waals surface area contributed by atoms with Gasteiger partial charge < -0.3 is 15.4 Å². The van der Waals surface area contributed by atoms with Crippen LogP contribution in [0.1, 0.15) is 5.56 Å². The number of carbonyl (C=O) groups excluding carboxylic acids is 1. The van der Waals surface area contributed by atoms with E-state index < -0.39 is 0 Å². The second-order valence-electron chi connectivity index (χ2n) is 4.65. The van der Waals surface area contributed by atoms with E-state index in [0.29, 0.717) is 22.5 Å². The van der Waals surface area contributed by atoms with Gasteiger partial charge in [0.15, 0.2) is 6.61 Å². The zero-order valence-electron chi connectivity index (χ0n) is 11.0. The molecule has 108 valence electrons. The number of rotatable bonds is 3. The van der Waals surface area contributed by atoms with Gasteiger partial charge in [-0.25, -0.2) is 4.39 Å². The van der Waals surface area contributed by atoms with Crippen molar-refractivity contribution in [2.24, 2.45) is 0 Å². The summed E-state index contributed by atoms with van der Waals surface area (Å²) in [5.41, 5.74) is 2.46. The third kappa shape index (κ3) is 3.16. The lowest BCUT2D eigenvalue weighted by molar-refractivity contribution is -0.118. The second kappa shape index (κ2) is 5.73. The van der Waals surface area contributed by atoms with Crippen LogP contribution < -0.4 is 15.4 Å². The molecule has 0 saturated heterocycles. The average molecular weight is 351 g/mol. The van der Waals surface area contributed by atoms with Crippen LogP contribution in [-0.2, 0) is 11.3 Å². The molecule has 1 aliphatic heterocycles. The minimum absolute atomic E-state index is 0.0498. The van der Waals surface area contributed by atoms with Crippen LogP contribution in [0.25, 0.3) is 0 Å². The van der Waals surface area contributed by atoms with Crippen molar-refractivity contribution in [2.75, 3.05) is 17.2 Å². The van der Waals surface area contributed by atoms with Gasteiger partial charge in [-0.15, -0.1) is 0 Å². The van der Waals surface area contributed by atoms with Crippen molar-refractivity contribution in [1.82, 2.24) is 0 Å². The Morgan fingerprint density at radius 2 is 2.14 bits per heavy atom. The van der Waals surface area contributed by atoms with Crippen LogP contribution in [0.5, 0.6) is 5.75 Å². The second-order valence-corrected chi connectivity index (χ2v) is 5.50. The van der Waals surface area contributed by atoms with Crippen molar-refractivity contribution in [3.05, 3.63) is 52.3 Å². The highest BCUT2D eigenvalue weighted by atomic mass is 79.9. The molecule has 2 aromatic rings. The van der Waals surface area contributed by atoms with Gasteiger partial charge in [-0.05, 0) is 51.8 Å². The van der Waals surface area contributed by atoms with Crippen molar-refractivity contribution in [3.63, 3.8) is 0 Å². The van der Waals surface area contributed by atoms with Crippen LogP contribution in [0, 0.1) is 5.82 Å². The average Bonchev–Trinajstić information content (AvgIpc) is 2.48. The van der Waals surface area contributed by atoms with Crippen molar-refractivity contribution >= 4 is 33.2 Å². The molecule has 0 atom stereocenters. The topological polar surface area (TPSA) is 50.4 Å². The van der Waals surface area contributed by atoms with Gasteiger partial charge in [0.25, 0.3) is 5.91 Å². The molecule has 0 unspecified atom stereocenters. The molecule has 1 heterocycles. The first-order chi connectivity index (χ1) is 10.1. The molecule has 0 bridgehead atoms. The number of amides is 1. The molecule has 0 aromatic heterocycles. The number of anilines is 2. The highest BCUT2D eigenvalue weighted by Crippen LogP contribution is 2.29. The Hall–Kier alpha value is -2.08. The van der Waals surface area contributed by atoms with Crippen LogP contribution in [0.2, 0.25) is 0 Å². The normalized spacial score (nSPS) is 13.1. The zero-order valence-corrected chi connectivity index (χ0v) is 12.5. The molecule has 21 heavy (non-hydrogen) atoms. The van der Waals surface area contributed by atoms with E-state index in [1.807, 2.05) is 18.2 Å². The predicted molar refractivity (Wildman–Crippen MR) is 82.0 cm³/mol. The van der Waals surface area contributed by atoms with E-state index in [4.69, 9.17) is 4.74 Å². The Bertz CT molecular complexity index is 706. The molecule has 2 N–H and O–H groups in total. The minimum Gasteiger partial charge on any atom is -0.482 e. The molecule has 0 spiro atoms. The molecular weight excluding hydrogens is 339 g/mol. The standard InChI is InChI=1S/C15H12BrFN2O2/c16-11-6-10(2-3-12(11)17)18-7-9-1-4-14-13(5-9)19-15(20)8-21-14/h1-6,18H,7-8H2,(H,19,20). The van der Waals surface area contributed by atoms with Crippen LogP contribution >= 0.6 is 15.9 Å². The smallest absolute Gasteiger partial charge is 0.262 e. The maximum absolute atomic E-state index is 13.2. The van der Waals surface area contributed by atoms with Gasteiger partial charge in [-0.1, -0.05) is 6.07 Å². The molecule has 0 saturated carbocycles. The van der Waals surface area contributed by atoms with Crippen molar-refractivity contribution in [2.45, 2.75) is 6.54 Å². The Morgan fingerprint density at radius 3 is 2.95 bits per heavy atom.